The second kappa shape index (κ2) is 17.7. The molecule has 0 aromatic rings. The zero-order valence-corrected chi connectivity index (χ0v) is 14.3. The Kier molecular flexibility index (Phi) is 16.7. The van der Waals surface area contributed by atoms with Gasteiger partial charge in [-0.05, 0) is 51.4 Å². The Morgan fingerprint density at radius 2 is 1.23 bits per heavy atom. The Bertz CT molecular complexity index is 327. The van der Waals surface area contributed by atoms with Gasteiger partial charge in [-0.2, -0.15) is 0 Å². The van der Waals surface area contributed by atoms with Crippen LogP contribution in [0.1, 0.15) is 84.0 Å². The third kappa shape index (κ3) is 18.7. The Balaban J connectivity index is 3.24. The molecule has 0 aromatic heterocycles. The van der Waals surface area contributed by atoms with Crippen LogP contribution in [0.2, 0.25) is 0 Å². The molecule has 0 aliphatic carbocycles. The van der Waals surface area contributed by atoms with Crippen LogP contribution in [0.15, 0.2) is 36.5 Å². The molecule has 0 bridgehead atoms. The van der Waals surface area contributed by atoms with Gasteiger partial charge in [0.2, 0.25) is 0 Å². The average molecular weight is 306 g/mol. The van der Waals surface area contributed by atoms with Gasteiger partial charge in [-0.1, -0.05) is 62.6 Å². The molecule has 2 nitrogen and oxygen atoms in total. The molecule has 0 aromatic carbocycles. The van der Waals surface area contributed by atoms with Crippen molar-refractivity contribution in [2.45, 2.75) is 84.0 Å². The number of unbranched alkanes of at least 4 members (excludes halogenated alkanes) is 8. The molecule has 0 atom stereocenters. The third-order valence-electron chi connectivity index (χ3n) is 3.54. The van der Waals surface area contributed by atoms with Crippen molar-refractivity contribution in [3.05, 3.63) is 36.5 Å². The van der Waals surface area contributed by atoms with E-state index < -0.39 is 5.97 Å². The maximum atomic E-state index is 10.3. The molecule has 0 rings (SSSR count). The molecule has 22 heavy (non-hydrogen) atoms. The third-order valence-corrected chi connectivity index (χ3v) is 3.54. The Labute approximate surface area is 137 Å². The van der Waals surface area contributed by atoms with Gasteiger partial charge in [0, 0.05) is 6.42 Å². The second-order valence-electron chi connectivity index (χ2n) is 5.72. The summed E-state index contributed by atoms with van der Waals surface area (Å²) in [7, 11) is 0. The van der Waals surface area contributed by atoms with Gasteiger partial charge in [-0.25, -0.2) is 0 Å². The van der Waals surface area contributed by atoms with E-state index in [1.54, 1.807) is 0 Å². The molecule has 0 saturated heterocycles. The number of hydrogen-bond acceptors (Lipinski definition) is 1. The van der Waals surface area contributed by atoms with E-state index in [4.69, 9.17) is 5.11 Å². The molecule has 0 aliphatic heterocycles. The van der Waals surface area contributed by atoms with E-state index >= 15 is 0 Å². The highest BCUT2D eigenvalue weighted by atomic mass is 16.4. The highest BCUT2D eigenvalue weighted by Crippen LogP contribution is 2.07. The van der Waals surface area contributed by atoms with E-state index in [2.05, 4.69) is 43.4 Å². The molecular weight excluding hydrogens is 272 g/mol. The molecule has 126 valence electrons. The summed E-state index contributed by atoms with van der Waals surface area (Å²) in [5.74, 6) is -0.674. The van der Waals surface area contributed by atoms with Crippen molar-refractivity contribution in [3.8, 4) is 0 Å². The van der Waals surface area contributed by atoms with Crippen molar-refractivity contribution in [2.75, 3.05) is 0 Å². The number of carboxylic acid groups (broad SMARTS) is 1. The summed E-state index contributed by atoms with van der Waals surface area (Å²) < 4.78 is 0. The minimum atomic E-state index is -0.674. The Hall–Kier alpha value is -1.31. The van der Waals surface area contributed by atoms with E-state index in [0.29, 0.717) is 6.42 Å². The van der Waals surface area contributed by atoms with Crippen LogP contribution in [0.5, 0.6) is 0 Å². The predicted octanol–water partition coefficient (Wildman–Crippen LogP) is 6.44. The second-order valence-corrected chi connectivity index (χ2v) is 5.72. The van der Waals surface area contributed by atoms with Crippen LogP contribution in [0, 0.1) is 0 Å². The first-order valence-electron chi connectivity index (χ1n) is 8.95. The zero-order chi connectivity index (χ0) is 16.3. The SMILES string of the molecule is CCC=CCCCCC=CC=CCCCCCCCC(=O)O. The van der Waals surface area contributed by atoms with Crippen LogP contribution in [-0.4, -0.2) is 11.1 Å². The van der Waals surface area contributed by atoms with E-state index in [9.17, 15) is 4.79 Å². The van der Waals surface area contributed by atoms with Crippen LogP contribution in [0.4, 0.5) is 0 Å². The standard InChI is InChI=1S/C20H34O2/c1-2-3-4-5-6-7-8-9-10-11-12-13-14-15-16-17-18-19-20(21)22/h3-4,9-12H,2,5-8,13-19H2,1H3,(H,21,22). The van der Waals surface area contributed by atoms with Gasteiger partial charge in [0.1, 0.15) is 0 Å². The fourth-order valence-electron chi connectivity index (χ4n) is 2.23. The van der Waals surface area contributed by atoms with Gasteiger partial charge in [-0.15, -0.1) is 0 Å². The van der Waals surface area contributed by atoms with Crippen molar-refractivity contribution >= 4 is 5.97 Å². The van der Waals surface area contributed by atoms with Crippen molar-refractivity contribution in [2.24, 2.45) is 0 Å². The van der Waals surface area contributed by atoms with Crippen molar-refractivity contribution in [1.82, 2.24) is 0 Å². The monoisotopic (exact) mass is 306 g/mol. The Morgan fingerprint density at radius 3 is 1.82 bits per heavy atom. The van der Waals surface area contributed by atoms with E-state index in [-0.39, 0.29) is 0 Å². The summed E-state index contributed by atoms with van der Waals surface area (Å²) >= 11 is 0. The highest BCUT2D eigenvalue weighted by molar-refractivity contribution is 5.66. The lowest BCUT2D eigenvalue weighted by Gasteiger charge is -1.97. The summed E-state index contributed by atoms with van der Waals surface area (Å²) in [5, 5.41) is 8.52. The number of carboxylic acids is 1. The van der Waals surface area contributed by atoms with Crippen molar-refractivity contribution < 1.29 is 9.90 Å². The topological polar surface area (TPSA) is 37.3 Å². The summed E-state index contributed by atoms with van der Waals surface area (Å²) in [6, 6.07) is 0. The predicted molar refractivity (Wildman–Crippen MR) is 96.1 cm³/mol. The minimum Gasteiger partial charge on any atom is -0.481 e. The molecule has 0 saturated carbocycles. The average Bonchev–Trinajstić information content (AvgIpc) is 2.50. The summed E-state index contributed by atoms with van der Waals surface area (Å²) in [5.41, 5.74) is 0. The van der Waals surface area contributed by atoms with E-state index in [0.717, 1.165) is 32.1 Å². The largest absolute Gasteiger partial charge is 0.481 e. The zero-order valence-electron chi connectivity index (χ0n) is 14.3. The fraction of sp³-hybridized carbons (Fsp3) is 0.650. The first-order valence-corrected chi connectivity index (χ1v) is 8.95. The molecule has 0 amide bonds. The van der Waals surface area contributed by atoms with Crippen LogP contribution in [0.25, 0.3) is 0 Å². The molecule has 2 heteroatoms. The maximum absolute atomic E-state index is 10.3. The summed E-state index contributed by atoms with van der Waals surface area (Å²) in [6.07, 6.45) is 26.3. The van der Waals surface area contributed by atoms with Gasteiger partial charge < -0.3 is 5.11 Å². The van der Waals surface area contributed by atoms with E-state index in [1.165, 1.54) is 38.5 Å². The number of hydrogen-bond donors (Lipinski definition) is 1. The first kappa shape index (κ1) is 20.7. The smallest absolute Gasteiger partial charge is 0.303 e. The number of rotatable bonds is 15. The van der Waals surface area contributed by atoms with Crippen LogP contribution >= 0.6 is 0 Å². The lowest BCUT2D eigenvalue weighted by Crippen LogP contribution is -1.93. The summed E-state index contributed by atoms with van der Waals surface area (Å²) in [4.78, 5) is 10.3. The van der Waals surface area contributed by atoms with Crippen LogP contribution in [0.3, 0.4) is 0 Å². The molecule has 1 N–H and O–H groups in total. The van der Waals surface area contributed by atoms with Crippen molar-refractivity contribution in [1.29, 1.82) is 0 Å². The molecule has 0 fully saturated rings. The lowest BCUT2D eigenvalue weighted by atomic mass is 10.1. The molecular formula is C20H34O2. The first-order chi connectivity index (χ1) is 10.8. The number of carbonyl (C=O) groups is 1. The van der Waals surface area contributed by atoms with Gasteiger partial charge in [0.05, 0.1) is 0 Å². The van der Waals surface area contributed by atoms with E-state index in [1.807, 2.05) is 0 Å². The normalized spacial score (nSPS) is 12.0. The van der Waals surface area contributed by atoms with Gasteiger partial charge in [-0.3, -0.25) is 4.79 Å². The molecule has 0 radical (unpaired) electrons. The van der Waals surface area contributed by atoms with Crippen molar-refractivity contribution in [3.63, 3.8) is 0 Å². The Morgan fingerprint density at radius 1 is 0.727 bits per heavy atom. The number of aliphatic carboxylic acids is 1. The van der Waals surface area contributed by atoms with Crippen LogP contribution in [-0.2, 0) is 4.79 Å². The maximum Gasteiger partial charge on any atom is 0.303 e. The molecule has 0 unspecified atom stereocenters. The molecule has 0 heterocycles. The molecule has 0 aliphatic rings. The lowest BCUT2D eigenvalue weighted by molar-refractivity contribution is -0.137. The van der Waals surface area contributed by atoms with Gasteiger partial charge in [0.25, 0.3) is 0 Å². The van der Waals surface area contributed by atoms with Gasteiger partial charge in [0.15, 0.2) is 0 Å². The van der Waals surface area contributed by atoms with Gasteiger partial charge >= 0.3 is 5.97 Å². The number of allylic oxidation sites excluding steroid dienone is 6. The summed E-state index contributed by atoms with van der Waals surface area (Å²) in [6.45, 7) is 2.17. The molecule has 0 spiro atoms. The van der Waals surface area contributed by atoms with Crippen LogP contribution < -0.4 is 0 Å². The minimum absolute atomic E-state index is 0.319. The quantitative estimate of drug-likeness (QED) is 0.215. The highest BCUT2D eigenvalue weighted by Gasteiger charge is 1.95. The fourth-order valence-corrected chi connectivity index (χ4v) is 2.23.